The fourth-order valence-electron chi connectivity index (χ4n) is 2.52. The Morgan fingerprint density at radius 3 is 2.33 bits per heavy atom. The number of rotatable bonds is 5. The van der Waals surface area contributed by atoms with Gasteiger partial charge in [-0.25, -0.2) is 22.2 Å². The van der Waals surface area contributed by atoms with Crippen molar-refractivity contribution in [1.82, 2.24) is 9.29 Å². The molecular formula is C16H13F5N2O3S. The fourth-order valence-corrected chi connectivity index (χ4v) is 4.08. The molecule has 0 atom stereocenters. The lowest BCUT2D eigenvalue weighted by atomic mass is 10.2. The maximum Gasteiger partial charge on any atom is 0.416 e. The van der Waals surface area contributed by atoms with Crippen molar-refractivity contribution in [3.8, 4) is 5.88 Å². The molecule has 1 fully saturated rings. The van der Waals surface area contributed by atoms with Crippen LogP contribution in [0.25, 0.3) is 0 Å². The molecule has 3 rings (SSSR count). The minimum absolute atomic E-state index is 0.0450. The maximum absolute atomic E-state index is 13.2. The smallest absolute Gasteiger partial charge is 0.416 e. The maximum atomic E-state index is 13.2. The molecule has 2 aromatic rings. The van der Waals surface area contributed by atoms with Crippen molar-refractivity contribution in [2.45, 2.75) is 18.0 Å². The van der Waals surface area contributed by atoms with Gasteiger partial charge in [0.05, 0.1) is 24.4 Å². The van der Waals surface area contributed by atoms with E-state index in [2.05, 4.69) is 4.98 Å². The van der Waals surface area contributed by atoms with E-state index in [9.17, 15) is 30.4 Å². The summed E-state index contributed by atoms with van der Waals surface area (Å²) in [6.45, 7) is -0.198. The summed E-state index contributed by atoms with van der Waals surface area (Å²) < 4.78 is 95.1. The van der Waals surface area contributed by atoms with Crippen molar-refractivity contribution in [3.05, 3.63) is 59.3 Å². The van der Waals surface area contributed by atoms with Crippen LogP contribution in [0.15, 0.2) is 36.5 Å². The summed E-state index contributed by atoms with van der Waals surface area (Å²) in [5.41, 5.74) is -0.971. The zero-order valence-corrected chi connectivity index (χ0v) is 14.4. The van der Waals surface area contributed by atoms with Crippen molar-refractivity contribution in [2.75, 3.05) is 13.1 Å². The summed E-state index contributed by atoms with van der Waals surface area (Å²) in [6.07, 6.45) is -4.26. The Morgan fingerprint density at radius 2 is 1.74 bits per heavy atom. The van der Waals surface area contributed by atoms with E-state index in [1.54, 1.807) is 0 Å². The van der Waals surface area contributed by atoms with Crippen LogP contribution >= 0.6 is 0 Å². The third kappa shape index (κ3) is 4.72. The van der Waals surface area contributed by atoms with Gasteiger partial charge in [0.2, 0.25) is 15.9 Å². The average Bonchev–Trinajstić information content (AvgIpc) is 2.48. The minimum atomic E-state index is -4.55. The van der Waals surface area contributed by atoms with Crippen LogP contribution in [0.4, 0.5) is 22.0 Å². The number of alkyl halides is 3. The Bertz CT molecular complexity index is 923. The molecule has 0 saturated carbocycles. The molecule has 1 saturated heterocycles. The van der Waals surface area contributed by atoms with E-state index < -0.39 is 45.3 Å². The number of hydrogen-bond acceptors (Lipinski definition) is 4. The predicted molar refractivity (Wildman–Crippen MR) is 84.2 cm³/mol. The van der Waals surface area contributed by atoms with E-state index in [1.807, 2.05) is 0 Å². The van der Waals surface area contributed by atoms with Gasteiger partial charge in [-0.1, -0.05) is 0 Å². The lowest BCUT2D eigenvalue weighted by Crippen LogP contribution is -2.56. The van der Waals surface area contributed by atoms with E-state index >= 15 is 0 Å². The van der Waals surface area contributed by atoms with Crippen LogP contribution in [0, 0.1) is 11.6 Å². The molecule has 0 spiro atoms. The van der Waals surface area contributed by atoms with Crippen molar-refractivity contribution < 1.29 is 35.1 Å². The Kier molecular flexibility index (Phi) is 5.08. The van der Waals surface area contributed by atoms with Gasteiger partial charge in [-0.15, -0.1) is 0 Å². The van der Waals surface area contributed by atoms with Gasteiger partial charge in [-0.05, 0) is 23.8 Å². The first-order valence-electron chi connectivity index (χ1n) is 7.66. The third-order valence-electron chi connectivity index (χ3n) is 3.83. The molecule has 1 aromatic carbocycles. The lowest BCUT2D eigenvalue weighted by Gasteiger charge is -2.37. The Labute approximate surface area is 151 Å². The van der Waals surface area contributed by atoms with Gasteiger partial charge in [0.1, 0.15) is 17.7 Å². The van der Waals surface area contributed by atoms with Crippen LogP contribution in [0.2, 0.25) is 0 Å². The van der Waals surface area contributed by atoms with Crippen LogP contribution in [0.1, 0.15) is 11.1 Å². The van der Waals surface area contributed by atoms with Crippen LogP contribution in [-0.4, -0.2) is 36.9 Å². The lowest BCUT2D eigenvalue weighted by molar-refractivity contribution is -0.137. The molecule has 0 unspecified atom stereocenters. The van der Waals surface area contributed by atoms with Gasteiger partial charge in [-0.3, -0.25) is 0 Å². The van der Waals surface area contributed by atoms with E-state index in [1.165, 1.54) is 0 Å². The number of aromatic nitrogens is 1. The standard InChI is InChI=1S/C16H13F5N2O3S/c17-12-3-10(4-13(18)6-12)9-27(24,25)23-7-14(8-23)26-15-5-11(1-2-22-15)16(19,20)21/h1-6,14H,7-9H2. The number of pyridine rings is 1. The molecule has 27 heavy (non-hydrogen) atoms. The summed E-state index contributed by atoms with van der Waals surface area (Å²) in [5.74, 6) is -2.64. The van der Waals surface area contributed by atoms with E-state index in [0.29, 0.717) is 6.07 Å². The molecule has 1 aliphatic rings. The highest BCUT2D eigenvalue weighted by Gasteiger charge is 2.38. The fraction of sp³-hybridized carbons (Fsp3) is 0.312. The molecule has 0 aliphatic carbocycles. The molecule has 0 bridgehead atoms. The van der Waals surface area contributed by atoms with Crippen molar-refractivity contribution in [3.63, 3.8) is 0 Å². The second-order valence-electron chi connectivity index (χ2n) is 5.97. The molecule has 11 heteroatoms. The molecule has 5 nitrogen and oxygen atoms in total. The first-order chi connectivity index (χ1) is 12.5. The molecule has 1 aliphatic heterocycles. The molecule has 2 heterocycles. The number of sulfonamides is 1. The van der Waals surface area contributed by atoms with Crippen LogP contribution < -0.4 is 4.74 Å². The summed E-state index contributed by atoms with van der Waals surface area (Å²) >= 11 is 0. The van der Waals surface area contributed by atoms with E-state index in [4.69, 9.17) is 4.74 Å². The van der Waals surface area contributed by atoms with Crippen LogP contribution in [0.3, 0.4) is 0 Å². The van der Waals surface area contributed by atoms with Crippen molar-refractivity contribution >= 4 is 10.0 Å². The summed E-state index contributed by atoms with van der Waals surface area (Å²) in [6, 6.07) is 3.99. The van der Waals surface area contributed by atoms with Gasteiger partial charge >= 0.3 is 6.18 Å². The zero-order chi connectivity index (χ0) is 19.8. The second kappa shape index (κ2) is 7.04. The zero-order valence-electron chi connectivity index (χ0n) is 13.6. The summed E-state index contributed by atoms with van der Waals surface area (Å²) in [7, 11) is -3.85. The van der Waals surface area contributed by atoms with Gasteiger partial charge < -0.3 is 4.74 Å². The highest BCUT2D eigenvalue weighted by molar-refractivity contribution is 7.88. The molecule has 0 N–H and O–H groups in total. The number of hydrogen-bond donors (Lipinski definition) is 0. The van der Waals surface area contributed by atoms with Gasteiger partial charge in [0.25, 0.3) is 0 Å². The number of nitrogens with zero attached hydrogens (tertiary/aromatic N) is 2. The third-order valence-corrected chi connectivity index (χ3v) is 5.61. The van der Waals surface area contributed by atoms with Crippen molar-refractivity contribution in [1.29, 1.82) is 0 Å². The monoisotopic (exact) mass is 408 g/mol. The number of benzene rings is 1. The Balaban J connectivity index is 1.60. The van der Waals surface area contributed by atoms with Gasteiger partial charge in [0, 0.05) is 18.3 Å². The number of ether oxygens (including phenoxy) is 1. The van der Waals surface area contributed by atoms with E-state index in [0.717, 1.165) is 34.8 Å². The largest absolute Gasteiger partial charge is 0.472 e. The SMILES string of the molecule is O=S(=O)(Cc1cc(F)cc(F)c1)N1CC(Oc2cc(C(F)(F)F)ccn2)C1. The minimum Gasteiger partial charge on any atom is -0.472 e. The normalized spacial score (nSPS) is 16.2. The first-order valence-corrected chi connectivity index (χ1v) is 9.26. The topological polar surface area (TPSA) is 59.5 Å². The molecule has 0 amide bonds. The van der Waals surface area contributed by atoms with Crippen molar-refractivity contribution in [2.24, 2.45) is 0 Å². The predicted octanol–water partition coefficient (Wildman–Crippen LogP) is 2.97. The quantitative estimate of drug-likeness (QED) is 0.714. The molecule has 1 aromatic heterocycles. The number of halogens is 5. The van der Waals surface area contributed by atoms with E-state index in [-0.39, 0.29) is 24.5 Å². The average molecular weight is 408 g/mol. The van der Waals surface area contributed by atoms with Crippen LogP contribution in [0.5, 0.6) is 5.88 Å². The van der Waals surface area contributed by atoms with Gasteiger partial charge in [0.15, 0.2) is 0 Å². The second-order valence-corrected chi connectivity index (χ2v) is 7.94. The Morgan fingerprint density at radius 1 is 1.11 bits per heavy atom. The Hall–Kier alpha value is -2.27. The van der Waals surface area contributed by atoms with Crippen LogP contribution in [-0.2, 0) is 22.0 Å². The highest BCUT2D eigenvalue weighted by Crippen LogP contribution is 2.31. The highest BCUT2D eigenvalue weighted by atomic mass is 32.2. The summed E-state index contributed by atoms with van der Waals surface area (Å²) in [4.78, 5) is 3.68. The molecule has 0 radical (unpaired) electrons. The molecule has 146 valence electrons. The molecular weight excluding hydrogens is 395 g/mol. The first kappa shape index (κ1) is 19.5. The van der Waals surface area contributed by atoms with Gasteiger partial charge in [-0.2, -0.15) is 17.5 Å². The summed E-state index contributed by atoms with van der Waals surface area (Å²) in [5, 5.41) is 0.